The molecular weight excluding hydrogens is 316 g/mol. The predicted octanol–water partition coefficient (Wildman–Crippen LogP) is 3.92. The van der Waals surface area contributed by atoms with Gasteiger partial charge in [0.15, 0.2) is 5.65 Å². The lowest BCUT2D eigenvalue weighted by atomic mass is 10.2. The topological polar surface area (TPSA) is 62.1 Å². The smallest absolute Gasteiger partial charge is 0.233 e. The van der Waals surface area contributed by atoms with Gasteiger partial charge in [-0.05, 0) is 48.9 Å². The summed E-state index contributed by atoms with van der Waals surface area (Å²) >= 11 is 0. The van der Waals surface area contributed by atoms with Gasteiger partial charge in [-0.1, -0.05) is 12.1 Å². The fourth-order valence-electron chi connectivity index (χ4n) is 2.61. The zero-order valence-electron chi connectivity index (χ0n) is 13.9. The number of nitrogens with zero attached hydrogens (tertiary/aromatic N) is 4. The molecule has 25 heavy (non-hydrogen) atoms. The molecule has 0 fully saturated rings. The minimum atomic E-state index is 0.467. The van der Waals surface area contributed by atoms with E-state index in [-0.39, 0.29) is 0 Å². The summed E-state index contributed by atoms with van der Waals surface area (Å²) in [6.07, 6.45) is 3.20. The van der Waals surface area contributed by atoms with Gasteiger partial charge in [0.25, 0.3) is 0 Å². The summed E-state index contributed by atoms with van der Waals surface area (Å²) < 4.78 is 12.8. The fourth-order valence-corrected chi connectivity index (χ4v) is 2.61. The summed E-state index contributed by atoms with van der Waals surface area (Å²) in [6, 6.07) is 15.4. The van der Waals surface area contributed by atoms with E-state index >= 15 is 0 Å². The van der Waals surface area contributed by atoms with Gasteiger partial charge in [0.1, 0.15) is 23.2 Å². The minimum Gasteiger partial charge on any atom is -0.497 e. The van der Waals surface area contributed by atoms with Crippen LogP contribution < -0.4 is 9.47 Å². The molecule has 4 rings (SSSR count). The van der Waals surface area contributed by atoms with Crippen LogP contribution in [0.15, 0.2) is 61.1 Å². The van der Waals surface area contributed by atoms with Crippen molar-refractivity contribution in [2.45, 2.75) is 6.92 Å². The van der Waals surface area contributed by atoms with E-state index in [9.17, 15) is 0 Å². The van der Waals surface area contributed by atoms with E-state index in [1.807, 2.05) is 49.4 Å². The van der Waals surface area contributed by atoms with Crippen molar-refractivity contribution in [2.75, 3.05) is 7.11 Å². The van der Waals surface area contributed by atoms with Crippen molar-refractivity contribution in [3.63, 3.8) is 0 Å². The molecule has 6 nitrogen and oxygen atoms in total. The van der Waals surface area contributed by atoms with Crippen molar-refractivity contribution in [1.29, 1.82) is 0 Å². The van der Waals surface area contributed by atoms with Crippen LogP contribution in [0.4, 0.5) is 0 Å². The molecule has 0 saturated carbocycles. The Hall–Kier alpha value is -3.41. The first-order valence-corrected chi connectivity index (χ1v) is 7.82. The van der Waals surface area contributed by atoms with Gasteiger partial charge in [0.2, 0.25) is 5.88 Å². The highest BCUT2D eigenvalue weighted by Crippen LogP contribution is 2.28. The Morgan fingerprint density at radius 1 is 0.960 bits per heavy atom. The molecule has 2 aromatic heterocycles. The molecule has 0 bridgehead atoms. The molecule has 0 aliphatic carbocycles. The number of aromatic nitrogens is 4. The molecule has 0 atom stereocenters. The van der Waals surface area contributed by atoms with Crippen LogP contribution in [0.2, 0.25) is 0 Å². The summed E-state index contributed by atoms with van der Waals surface area (Å²) in [7, 11) is 1.63. The van der Waals surface area contributed by atoms with Crippen LogP contribution >= 0.6 is 0 Å². The normalized spacial score (nSPS) is 10.8. The van der Waals surface area contributed by atoms with Gasteiger partial charge in [0, 0.05) is 0 Å². The van der Waals surface area contributed by atoms with Gasteiger partial charge in [-0.3, -0.25) is 0 Å². The molecule has 2 aromatic carbocycles. The van der Waals surface area contributed by atoms with Crippen molar-refractivity contribution in [3.8, 4) is 23.1 Å². The largest absolute Gasteiger partial charge is 0.497 e. The number of ether oxygens (including phenoxy) is 2. The lowest BCUT2D eigenvalue weighted by molar-refractivity contribution is 0.412. The van der Waals surface area contributed by atoms with Crippen LogP contribution in [-0.4, -0.2) is 26.9 Å². The van der Waals surface area contributed by atoms with E-state index < -0.39 is 0 Å². The third kappa shape index (κ3) is 2.89. The Balaban J connectivity index is 1.73. The average Bonchev–Trinajstić information content (AvgIpc) is 3.07. The second-order valence-electron chi connectivity index (χ2n) is 5.59. The Morgan fingerprint density at radius 3 is 2.52 bits per heavy atom. The molecule has 0 saturated heterocycles. The zero-order valence-corrected chi connectivity index (χ0v) is 13.9. The van der Waals surface area contributed by atoms with E-state index in [1.54, 1.807) is 18.0 Å². The van der Waals surface area contributed by atoms with E-state index in [0.29, 0.717) is 17.3 Å². The maximum Gasteiger partial charge on any atom is 0.233 e. The first-order valence-electron chi connectivity index (χ1n) is 7.82. The summed E-state index contributed by atoms with van der Waals surface area (Å²) in [4.78, 5) is 8.62. The number of hydrogen-bond donors (Lipinski definition) is 0. The summed E-state index contributed by atoms with van der Waals surface area (Å²) in [5.74, 6) is 1.91. The van der Waals surface area contributed by atoms with Crippen molar-refractivity contribution >= 4 is 11.0 Å². The molecule has 124 valence electrons. The van der Waals surface area contributed by atoms with E-state index in [4.69, 9.17) is 9.47 Å². The van der Waals surface area contributed by atoms with Crippen molar-refractivity contribution in [3.05, 3.63) is 66.6 Å². The van der Waals surface area contributed by atoms with Gasteiger partial charge in [-0.15, -0.1) is 0 Å². The maximum atomic E-state index is 5.90. The number of hydrogen-bond acceptors (Lipinski definition) is 5. The Morgan fingerprint density at radius 2 is 1.76 bits per heavy atom. The van der Waals surface area contributed by atoms with Gasteiger partial charge in [-0.25, -0.2) is 14.6 Å². The number of methoxy groups -OCH3 is 1. The lowest BCUT2D eigenvalue weighted by Crippen LogP contribution is -1.98. The van der Waals surface area contributed by atoms with Crippen LogP contribution in [0.1, 0.15) is 5.56 Å². The first-order chi connectivity index (χ1) is 12.2. The third-order valence-electron chi connectivity index (χ3n) is 3.85. The lowest BCUT2D eigenvalue weighted by Gasteiger charge is -2.07. The molecule has 0 unspecified atom stereocenters. The molecule has 0 aliphatic heterocycles. The molecule has 2 heterocycles. The number of benzene rings is 2. The summed E-state index contributed by atoms with van der Waals surface area (Å²) in [5.41, 5.74) is 2.80. The highest BCUT2D eigenvalue weighted by Gasteiger charge is 2.13. The Bertz CT molecular complexity index is 1030. The van der Waals surface area contributed by atoms with E-state index in [0.717, 1.165) is 22.4 Å². The van der Waals surface area contributed by atoms with Crippen LogP contribution in [0.5, 0.6) is 17.4 Å². The quantitative estimate of drug-likeness (QED) is 0.567. The standard InChI is InChI=1S/C19H16N4O2/c1-13-4-3-5-14(10-13)23-18-17(11-22-23)19(21-12-20-18)25-16-8-6-15(24-2)7-9-16/h3-12H,1-2H3. The fraction of sp³-hybridized carbons (Fsp3) is 0.105. The van der Waals surface area contributed by atoms with Crippen LogP contribution in [-0.2, 0) is 0 Å². The molecular formula is C19H16N4O2. The van der Waals surface area contributed by atoms with Gasteiger partial charge in [0.05, 0.1) is 19.0 Å². The molecule has 0 spiro atoms. The molecule has 0 amide bonds. The van der Waals surface area contributed by atoms with Crippen molar-refractivity contribution < 1.29 is 9.47 Å². The molecule has 0 aliphatic rings. The third-order valence-corrected chi connectivity index (χ3v) is 3.85. The SMILES string of the molecule is COc1ccc(Oc2ncnc3c2cnn3-c2cccc(C)c2)cc1. The molecule has 4 aromatic rings. The second kappa shape index (κ2) is 6.24. The Kier molecular flexibility index (Phi) is 3.78. The highest BCUT2D eigenvalue weighted by atomic mass is 16.5. The zero-order chi connectivity index (χ0) is 17.2. The van der Waals surface area contributed by atoms with Crippen molar-refractivity contribution in [1.82, 2.24) is 19.7 Å². The van der Waals surface area contributed by atoms with E-state index in [2.05, 4.69) is 21.1 Å². The van der Waals surface area contributed by atoms with Crippen LogP contribution in [0.25, 0.3) is 16.7 Å². The summed E-state index contributed by atoms with van der Waals surface area (Å²) in [5, 5.41) is 5.20. The van der Waals surface area contributed by atoms with Crippen LogP contribution in [0.3, 0.4) is 0 Å². The van der Waals surface area contributed by atoms with Gasteiger partial charge >= 0.3 is 0 Å². The van der Waals surface area contributed by atoms with E-state index in [1.165, 1.54) is 6.33 Å². The molecule has 6 heteroatoms. The average molecular weight is 332 g/mol. The predicted molar refractivity (Wildman–Crippen MR) is 94.5 cm³/mol. The summed E-state index contributed by atoms with van der Waals surface area (Å²) in [6.45, 7) is 2.04. The first kappa shape index (κ1) is 15.1. The number of rotatable bonds is 4. The monoisotopic (exact) mass is 332 g/mol. The number of fused-ring (bicyclic) bond motifs is 1. The Labute approximate surface area is 144 Å². The maximum absolute atomic E-state index is 5.90. The number of aryl methyl sites for hydroxylation is 1. The van der Waals surface area contributed by atoms with Crippen molar-refractivity contribution in [2.24, 2.45) is 0 Å². The minimum absolute atomic E-state index is 0.467. The molecule has 0 N–H and O–H groups in total. The second-order valence-corrected chi connectivity index (χ2v) is 5.59. The van der Waals surface area contributed by atoms with Gasteiger partial charge in [-0.2, -0.15) is 5.10 Å². The molecule has 0 radical (unpaired) electrons. The van der Waals surface area contributed by atoms with Gasteiger partial charge < -0.3 is 9.47 Å². The highest BCUT2D eigenvalue weighted by molar-refractivity contribution is 5.81. The van der Waals surface area contributed by atoms with Crippen LogP contribution in [0, 0.1) is 6.92 Å².